The van der Waals surface area contributed by atoms with Gasteiger partial charge in [-0.05, 0) is 31.2 Å². The monoisotopic (exact) mass is 224 g/mol. The maximum atomic E-state index is 10.6. The van der Waals surface area contributed by atoms with Crippen LogP contribution in [-0.2, 0) is 0 Å². The predicted molar refractivity (Wildman–Crippen MR) is 57.7 cm³/mol. The SMILES string of the molecule is CC1CCCC(Oc2ccc(C(=O)O)o2)C1. The molecule has 88 valence electrons. The Kier molecular flexibility index (Phi) is 3.17. The Balaban J connectivity index is 1.95. The summed E-state index contributed by atoms with van der Waals surface area (Å²) in [5, 5.41) is 8.70. The van der Waals surface area contributed by atoms with Gasteiger partial charge in [0.25, 0.3) is 5.95 Å². The van der Waals surface area contributed by atoms with Crippen molar-refractivity contribution in [2.24, 2.45) is 5.92 Å². The first kappa shape index (κ1) is 11.0. The molecule has 0 aromatic carbocycles. The number of hydrogen-bond donors (Lipinski definition) is 1. The number of carbonyl (C=O) groups is 1. The van der Waals surface area contributed by atoms with Crippen LogP contribution in [0, 0.1) is 5.92 Å². The fraction of sp³-hybridized carbons (Fsp3) is 0.583. The Hall–Kier alpha value is -1.45. The van der Waals surface area contributed by atoms with Gasteiger partial charge in [-0.3, -0.25) is 0 Å². The van der Waals surface area contributed by atoms with Crippen molar-refractivity contribution in [3.05, 3.63) is 17.9 Å². The lowest BCUT2D eigenvalue weighted by Gasteiger charge is -2.26. The van der Waals surface area contributed by atoms with E-state index in [1.54, 1.807) is 6.07 Å². The molecule has 4 heteroatoms. The van der Waals surface area contributed by atoms with Crippen molar-refractivity contribution in [2.45, 2.75) is 38.7 Å². The zero-order valence-corrected chi connectivity index (χ0v) is 9.31. The highest BCUT2D eigenvalue weighted by atomic mass is 16.6. The highest BCUT2D eigenvalue weighted by Crippen LogP contribution is 2.28. The second-order valence-corrected chi connectivity index (χ2v) is 4.44. The summed E-state index contributed by atoms with van der Waals surface area (Å²) in [6, 6.07) is 2.99. The number of hydrogen-bond acceptors (Lipinski definition) is 3. The van der Waals surface area contributed by atoms with Crippen LogP contribution in [0.25, 0.3) is 0 Å². The molecule has 0 amide bonds. The van der Waals surface area contributed by atoms with E-state index >= 15 is 0 Å². The van der Waals surface area contributed by atoms with Crippen molar-refractivity contribution in [1.29, 1.82) is 0 Å². The number of carboxylic acids is 1. The van der Waals surface area contributed by atoms with Gasteiger partial charge >= 0.3 is 5.97 Å². The van der Waals surface area contributed by atoms with E-state index in [1.807, 2.05) is 0 Å². The highest BCUT2D eigenvalue weighted by molar-refractivity contribution is 5.84. The number of aromatic carboxylic acids is 1. The van der Waals surface area contributed by atoms with Crippen molar-refractivity contribution in [2.75, 3.05) is 0 Å². The van der Waals surface area contributed by atoms with Crippen LogP contribution in [0.2, 0.25) is 0 Å². The largest absolute Gasteiger partial charge is 0.475 e. The molecule has 2 unspecified atom stereocenters. The second kappa shape index (κ2) is 4.60. The standard InChI is InChI=1S/C12H16O4/c1-8-3-2-4-9(7-8)15-11-6-5-10(16-11)12(13)14/h5-6,8-9H,2-4,7H2,1H3,(H,13,14). The molecule has 1 heterocycles. The molecule has 0 aliphatic heterocycles. The third-order valence-electron chi connectivity index (χ3n) is 2.96. The maximum Gasteiger partial charge on any atom is 0.371 e. The van der Waals surface area contributed by atoms with E-state index in [2.05, 4.69) is 6.92 Å². The lowest BCUT2D eigenvalue weighted by molar-refractivity contribution is 0.0628. The smallest absolute Gasteiger partial charge is 0.371 e. The minimum Gasteiger partial charge on any atom is -0.475 e. The molecule has 1 aromatic rings. The fourth-order valence-electron chi connectivity index (χ4n) is 2.15. The van der Waals surface area contributed by atoms with Crippen molar-refractivity contribution in [3.8, 4) is 5.95 Å². The average Bonchev–Trinajstić information content (AvgIpc) is 2.66. The number of ether oxygens (including phenoxy) is 1. The molecule has 2 atom stereocenters. The predicted octanol–water partition coefficient (Wildman–Crippen LogP) is 2.94. The molecule has 16 heavy (non-hydrogen) atoms. The Morgan fingerprint density at radius 1 is 1.50 bits per heavy atom. The van der Waals surface area contributed by atoms with Crippen molar-refractivity contribution < 1.29 is 19.1 Å². The number of carboxylic acid groups (broad SMARTS) is 1. The first-order valence-corrected chi connectivity index (χ1v) is 5.65. The molecule has 1 N–H and O–H groups in total. The molecular weight excluding hydrogens is 208 g/mol. The summed E-state index contributed by atoms with van der Waals surface area (Å²) in [7, 11) is 0. The van der Waals surface area contributed by atoms with Gasteiger partial charge in [0, 0.05) is 6.07 Å². The highest BCUT2D eigenvalue weighted by Gasteiger charge is 2.21. The zero-order chi connectivity index (χ0) is 11.5. The van der Waals surface area contributed by atoms with Crippen LogP contribution in [0.4, 0.5) is 0 Å². The summed E-state index contributed by atoms with van der Waals surface area (Å²) in [4.78, 5) is 10.6. The molecule has 0 bridgehead atoms. The molecule has 1 aliphatic rings. The molecular formula is C12H16O4. The van der Waals surface area contributed by atoms with Gasteiger partial charge in [-0.2, -0.15) is 0 Å². The van der Waals surface area contributed by atoms with E-state index in [4.69, 9.17) is 14.3 Å². The summed E-state index contributed by atoms with van der Waals surface area (Å²) < 4.78 is 10.7. The van der Waals surface area contributed by atoms with Gasteiger partial charge in [0.1, 0.15) is 6.10 Å². The molecule has 1 saturated carbocycles. The van der Waals surface area contributed by atoms with E-state index in [1.165, 1.54) is 18.9 Å². The topological polar surface area (TPSA) is 59.7 Å². The first-order valence-electron chi connectivity index (χ1n) is 5.65. The van der Waals surface area contributed by atoms with Crippen molar-refractivity contribution in [3.63, 3.8) is 0 Å². The maximum absolute atomic E-state index is 10.6. The third-order valence-corrected chi connectivity index (χ3v) is 2.96. The number of rotatable bonds is 3. The van der Waals surface area contributed by atoms with E-state index in [-0.39, 0.29) is 11.9 Å². The molecule has 1 fully saturated rings. The van der Waals surface area contributed by atoms with Gasteiger partial charge in [0.05, 0.1) is 0 Å². The normalized spacial score (nSPS) is 25.3. The van der Waals surface area contributed by atoms with E-state index in [0.717, 1.165) is 12.8 Å². The summed E-state index contributed by atoms with van der Waals surface area (Å²) in [6.45, 7) is 2.21. The second-order valence-electron chi connectivity index (χ2n) is 4.44. The van der Waals surface area contributed by atoms with Crippen molar-refractivity contribution in [1.82, 2.24) is 0 Å². The Bertz CT molecular complexity index is 369. The Morgan fingerprint density at radius 2 is 2.31 bits per heavy atom. The first-order chi connectivity index (χ1) is 7.65. The van der Waals surface area contributed by atoms with E-state index in [0.29, 0.717) is 11.9 Å². The summed E-state index contributed by atoms with van der Waals surface area (Å²) >= 11 is 0. The summed E-state index contributed by atoms with van der Waals surface area (Å²) in [5.41, 5.74) is 0. The minimum atomic E-state index is -1.06. The van der Waals surface area contributed by atoms with Crippen LogP contribution >= 0.6 is 0 Å². The van der Waals surface area contributed by atoms with Crippen LogP contribution < -0.4 is 4.74 Å². The van der Waals surface area contributed by atoms with Gasteiger partial charge in [0.2, 0.25) is 5.76 Å². The van der Waals surface area contributed by atoms with Crippen molar-refractivity contribution >= 4 is 5.97 Å². The quantitative estimate of drug-likeness (QED) is 0.857. The van der Waals surface area contributed by atoms with E-state index in [9.17, 15) is 4.79 Å². The summed E-state index contributed by atoms with van der Waals surface area (Å²) in [5.74, 6) is -0.144. The molecule has 2 rings (SSSR count). The molecule has 0 radical (unpaired) electrons. The molecule has 4 nitrogen and oxygen atoms in total. The van der Waals surface area contributed by atoms with E-state index < -0.39 is 5.97 Å². The molecule has 1 aliphatic carbocycles. The van der Waals surface area contributed by atoms with Gasteiger partial charge in [0.15, 0.2) is 0 Å². The summed E-state index contributed by atoms with van der Waals surface area (Å²) in [6.07, 6.45) is 4.62. The zero-order valence-electron chi connectivity index (χ0n) is 9.31. The minimum absolute atomic E-state index is 0.0705. The average molecular weight is 224 g/mol. The lowest BCUT2D eigenvalue weighted by Crippen LogP contribution is -2.23. The Morgan fingerprint density at radius 3 is 2.94 bits per heavy atom. The fourth-order valence-corrected chi connectivity index (χ4v) is 2.15. The van der Waals surface area contributed by atoms with Gasteiger partial charge in [-0.1, -0.05) is 13.3 Å². The van der Waals surface area contributed by atoms with Gasteiger partial charge in [-0.15, -0.1) is 0 Å². The van der Waals surface area contributed by atoms with Crippen LogP contribution in [0.5, 0.6) is 5.95 Å². The number of furan rings is 1. The Labute approximate surface area is 94.2 Å². The third kappa shape index (κ3) is 2.56. The molecule has 0 spiro atoms. The van der Waals surface area contributed by atoms with Gasteiger partial charge < -0.3 is 14.3 Å². The van der Waals surface area contributed by atoms with Crippen LogP contribution in [0.3, 0.4) is 0 Å². The van der Waals surface area contributed by atoms with Crippen LogP contribution in [0.1, 0.15) is 43.2 Å². The van der Waals surface area contributed by atoms with Gasteiger partial charge in [-0.25, -0.2) is 4.79 Å². The lowest BCUT2D eigenvalue weighted by atomic mass is 9.89. The van der Waals surface area contributed by atoms with Crippen LogP contribution in [-0.4, -0.2) is 17.2 Å². The van der Waals surface area contributed by atoms with Crippen LogP contribution in [0.15, 0.2) is 16.5 Å². The molecule has 1 aromatic heterocycles. The molecule has 0 saturated heterocycles.